The number of rotatable bonds is 3. The number of anilines is 1. The van der Waals surface area contributed by atoms with E-state index in [4.69, 9.17) is 4.84 Å². The fourth-order valence-corrected chi connectivity index (χ4v) is 0.493. The second-order valence-electron chi connectivity index (χ2n) is 2.26. The highest BCUT2D eigenvalue weighted by Gasteiger charge is 1.93. The summed E-state index contributed by atoms with van der Waals surface area (Å²) in [5.41, 5.74) is 3.57. The van der Waals surface area contributed by atoms with Crippen molar-refractivity contribution in [2.45, 2.75) is 20.0 Å². The fourth-order valence-electron chi connectivity index (χ4n) is 0.493. The minimum atomic E-state index is 0.176. The molecule has 1 rings (SSSR count). The summed E-state index contributed by atoms with van der Waals surface area (Å²) in [5, 5.41) is 6.39. The average molecular weight is 141 g/mol. The van der Waals surface area contributed by atoms with Crippen LogP contribution < -0.4 is 5.48 Å². The van der Waals surface area contributed by atoms with Crippen LogP contribution in [0, 0.1) is 0 Å². The van der Waals surface area contributed by atoms with E-state index in [2.05, 4.69) is 15.7 Å². The molecule has 0 fully saturated rings. The molecule has 56 valence electrons. The molecule has 2 N–H and O–H groups in total. The molecule has 10 heavy (non-hydrogen) atoms. The highest BCUT2D eigenvalue weighted by molar-refractivity contribution is 5.34. The van der Waals surface area contributed by atoms with Crippen LogP contribution in [0.4, 0.5) is 5.69 Å². The Balaban J connectivity index is 2.28. The van der Waals surface area contributed by atoms with Gasteiger partial charge in [-0.15, -0.1) is 0 Å². The molecule has 1 aromatic heterocycles. The van der Waals surface area contributed by atoms with Crippen LogP contribution in [0.25, 0.3) is 0 Å². The second kappa shape index (κ2) is 3.22. The van der Waals surface area contributed by atoms with E-state index in [-0.39, 0.29) is 6.10 Å². The van der Waals surface area contributed by atoms with Crippen molar-refractivity contribution in [1.82, 2.24) is 10.2 Å². The monoisotopic (exact) mass is 141 g/mol. The molecule has 1 heterocycles. The molecule has 1 aromatic rings. The third kappa shape index (κ3) is 2.06. The molecule has 0 radical (unpaired) electrons. The summed E-state index contributed by atoms with van der Waals surface area (Å²) >= 11 is 0. The minimum Gasteiger partial charge on any atom is -0.284 e. The van der Waals surface area contributed by atoms with Crippen LogP contribution in [0.3, 0.4) is 0 Å². The smallest absolute Gasteiger partial charge is 0.0981 e. The molecule has 0 spiro atoms. The zero-order valence-electron chi connectivity index (χ0n) is 6.09. The van der Waals surface area contributed by atoms with Gasteiger partial charge in [-0.2, -0.15) is 5.10 Å². The molecule has 0 saturated heterocycles. The molecular weight excluding hydrogens is 130 g/mol. The standard InChI is InChI=1S/C6H11N3O/c1-5(2)10-9-6-3-7-8-4-6/h3-5,9H,1-2H3,(H,7,8). The van der Waals surface area contributed by atoms with E-state index in [0.717, 1.165) is 5.69 Å². The number of nitrogens with one attached hydrogen (secondary N) is 2. The van der Waals surface area contributed by atoms with Gasteiger partial charge in [0.05, 0.1) is 18.0 Å². The zero-order valence-corrected chi connectivity index (χ0v) is 6.09. The molecule has 0 atom stereocenters. The summed E-state index contributed by atoms with van der Waals surface area (Å²) in [5.74, 6) is 0. The number of aromatic nitrogens is 2. The van der Waals surface area contributed by atoms with Crippen LogP contribution in [0.5, 0.6) is 0 Å². The quantitative estimate of drug-likeness (QED) is 0.621. The molecule has 4 heteroatoms. The predicted octanol–water partition coefficient (Wildman–Crippen LogP) is 1.16. The van der Waals surface area contributed by atoms with Gasteiger partial charge in [-0.1, -0.05) is 0 Å². The van der Waals surface area contributed by atoms with E-state index in [9.17, 15) is 0 Å². The first-order valence-corrected chi connectivity index (χ1v) is 3.19. The molecule has 0 aliphatic carbocycles. The van der Waals surface area contributed by atoms with Gasteiger partial charge in [0.15, 0.2) is 0 Å². The Kier molecular flexibility index (Phi) is 2.28. The zero-order chi connectivity index (χ0) is 7.40. The number of nitrogens with zero attached hydrogens (tertiary/aromatic N) is 1. The lowest BCUT2D eigenvalue weighted by molar-refractivity contribution is 0.130. The summed E-state index contributed by atoms with van der Waals surface area (Å²) < 4.78 is 0. The van der Waals surface area contributed by atoms with Crippen molar-refractivity contribution in [3.05, 3.63) is 12.4 Å². The summed E-state index contributed by atoms with van der Waals surface area (Å²) in [6.45, 7) is 3.90. The number of H-pyrrole nitrogens is 1. The van der Waals surface area contributed by atoms with Gasteiger partial charge >= 0.3 is 0 Å². The van der Waals surface area contributed by atoms with Crippen LogP contribution in [0.15, 0.2) is 12.4 Å². The van der Waals surface area contributed by atoms with Gasteiger partial charge in [0.1, 0.15) is 0 Å². The molecule has 0 saturated carbocycles. The molecular formula is C6H11N3O. The Morgan fingerprint density at radius 1 is 1.70 bits per heavy atom. The first-order valence-electron chi connectivity index (χ1n) is 3.19. The van der Waals surface area contributed by atoms with Crippen molar-refractivity contribution in [3.63, 3.8) is 0 Å². The van der Waals surface area contributed by atoms with Crippen molar-refractivity contribution < 1.29 is 4.84 Å². The molecule has 0 aliphatic heterocycles. The molecule has 4 nitrogen and oxygen atoms in total. The van der Waals surface area contributed by atoms with Gasteiger partial charge in [-0.05, 0) is 13.8 Å². The average Bonchev–Trinajstić information content (AvgIpc) is 2.34. The lowest BCUT2D eigenvalue weighted by Crippen LogP contribution is -2.08. The third-order valence-electron chi connectivity index (χ3n) is 0.911. The maximum absolute atomic E-state index is 5.08. The highest BCUT2D eigenvalue weighted by atomic mass is 16.7. The molecule has 0 amide bonds. The third-order valence-corrected chi connectivity index (χ3v) is 0.911. The van der Waals surface area contributed by atoms with Gasteiger partial charge in [-0.25, -0.2) is 0 Å². The Morgan fingerprint density at radius 2 is 2.50 bits per heavy atom. The topological polar surface area (TPSA) is 49.9 Å². The molecule has 0 aromatic carbocycles. The van der Waals surface area contributed by atoms with E-state index < -0.39 is 0 Å². The van der Waals surface area contributed by atoms with Crippen LogP contribution in [0.1, 0.15) is 13.8 Å². The molecule has 0 unspecified atom stereocenters. The van der Waals surface area contributed by atoms with Crippen molar-refractivity contribution in [2.24, 2.45) is 0 Å². The Morgan fingerprint density at radius 3 is 3.00 bits per heavy atom. The van der Waals surface area contributed by atoms with Gasteiger partial charge in [0, 0.05) is 6.20 Å². The number of aromatic amines is 1. The van der Waals surface area contributed by atoms with E-state index in [1.54, 1.807) is 12.4 Å². The maximum Gasteiger partial charge on any atom is 0.0981 e. The summed E-state index contributed by atoms with van der Waals surface area (Å²) in [6, 6.07) is 0. The van der Waals surface area contributed by atoms with Gasteiger partial charge in [-0.3, -0.25) is 15.4 Å². The number of hydrogen-bond donors (Lipinski definition) is 2. The van der Waals surface area contributed by atoms with E-state index in [1.165, 1.54) is 0 Å². The Hall–Kier alpha value is -1.03. The van der Waals surface area contributed by atoms with Gasteiger partial charge < -0.3 is 0 Å². The van der Waals surface area contributed by atoms with Gasteiger partial charge in [0.2, 0.25) is 0 Å². The maximum atomic E-state index is 5.08. The molecule has 0 aliphatic rings. The van der Waals surface area contributed by atoms with Crippen molar-refractivity contribution in [2.75, 3.05) is 5.48 Å². The van der Waals surface area contributed by atoms with Crippen molar-refractivity contribution in [1.29, 1.82) is 0 Å². The lowest BCUT2D eigenvalue weighted by atomic mass is 10.5. The predicted molar refractivity (Wildman–Crippen MR) is 38.4 cm³/mol. The first-order chi connectivity index (χ1) is 4.79. The minimum absolute atomic E-state index is 0.176. The Labute approximate surface area is 59.5 Å². The SMILES string of the molecule is CC(C)ONc1cn[nH]c1. The first kappa shape index (κ1) is 7.08. The van der Waals surface area contributed by atoms with Crippen LogP contribution in [-0.4, -0.2) is 16.3 Å². The largest absolute Gasteiger partial charge is 0.284 e. The van der Waals surface area contributed by atoms with Crippen molar-refractivity contribution >= 4 is 5.69 Å². The van der Waals surface area contributed by atoms with Crippen LogP contribution in [-0.2, 0) is 4.84 Å². The normalized spacial score (nSPS) is 10.3. The van der Waals surface area contributed by atoms with Crippen LogP contribution in [0.2, 0.25) is 0 Å². The fraction of sp³-hybridized carbons (Fsp3) is 0.500. The highest BCUT2D eigenvalue weighted by Crippen LogP contribution is 2.01. The summed E-state index contributed by atoms with van der Waals surface area (Å²) in [6.07, 6.45) is 3.56. The van der Waals surface area contributed by atoms with Gasteiger partial charge in [0.25, 0.3) is 0 Å². The Bertz CT molecular complexity index is 171. The summed E-state index contributed by atoms with van der Waals surface area (Å²) in [4.78, 5) is 5.08. The van der Waals surface area contributed by atoms with E-state index >= 15 is 0 Å². The number of hydrogen-bond acceptors (Lipinski definition) is 3. The molecule has 0 bridgehead atoms. The summed E-state index contributed by atoms with van der Waals surface area (Å²) in [7, 11) is 0. The second-order valence-corrected chi connectivity index (χ2v) is 2.26. The van der Waals surface area contributed by atoms with E-state index in [0.29, 0.717) is 0 Å². The lowest BCUT2D eigenvalue weighted by Gasteiger charge is -2.06. The van der Waals surface area contributed by atoms with E-state index in [1.807, 2.05) is 13.8 Å². The van der Waals surface area contributed by atoms with Crippen LogP contribution >= 0.6 is 0 Å². The van der Waals surface area contributed by atoms with Crippen molar-refractivity contribution in [3.8, 4) is 0 Å².